The molecule has 1 N–H and O–H groups in total. The summed E-state index contributed by atoms with van der Waals surface area (Å²) in [6.07, 6.45) is 0. The summed E-state index contributed by atoms with van der Waals surface area (Å²) in [4.78, 5) is 36.0. The molecule has 0 radical (unpaired) electrons. The third-order valence-electron chi connectivity index (χ3n) is 4.61. The molecule has 0 atom stereocenters. The molecule has 0 aromatic heterocycles. The molecule has 6 nitrogen and oxygen atoms in total. The summed E-state index contributed by atoms with van der Waals surface area (Å²) in [5.41, 5.74) is -0.351. The van der Waals surface area contributed by atoms with Gasteiger partial charge >= 0.3 is 11.9 Å². The van der Waals surface area contributed by atoms with E-state index < -0.39 is 18.0 Å². The van der Waals surface area contributed by atoms with Crippen LogP contribution in [0.15, 0.2) is 0 Å². The van der Waals surface area contributed by atoms with Crippen LogP contribution in [0.2, 0.25) is 0 Å². The van der Waals surface area contributed by atoms with Crippen molar-refractivity contribution in [1.29, 1.82) is 0 Å². The molecule has 0 aromatic carbocycles. The summed E-state index contributed by atoms with van der Waals surface area (Å²) in [5.74, 6) is -2.16. The van der Waals surface area contributed by atoms with Crippen molar-refractivity contribution in [2.45, 2.75) is 47.6 Å². The first kappa shape index (κ1) is 17.5. The van der Waals surface area contributed by atoms with Crippen LogP contribution in [0.4, 0.5) is 0 Å². The van der Waals surface area contributed by atoms with E-state index in [4.69, 9.17) is 9.47 Å². The van der Waals surface area contributed by atoms with Gasteiger partial charge < -0.3 is 14.8 Å². The molecule has 0 aliphatic heterocycles. The molecule has 1 amide bonds. The second-order valence-corrected chi connectivity index (χ2v) is 6.32. The lowest BCUT2D eigenvalue weighted by Gasteiger charge is -2.16. The standard InChI is InChI=1S/C15H25NO5/c1-7-20-12(18)9(13(19)21-8-2)16-11(17)10-14(3,4)15(10,5)6/h9-10H,7-8H2,1-6H3,(H,16,17). The summed E-state index contributed by atoms with van der Waals surface area (Å²) in [6.45, 7) is 11.5. The van der Waals surface area contributed by atoms with Crippen LogP contribution in [-0.2, 0) is 23.9 Å². The first-order chi connectivity index (χ1) is 9.61. The quantitative estimate of drug-likeness (QED) is 0.590. The van der Waals surface area contributed by atoms with Crippen molar-refractivity contribution >= 4 is 17.8 Å². The Morgan fingerprint density at radius 3 is 1.62 bits per heavy atom. The Morgan fingerprint density at radius 1 is 0.952 bits per heavy atom. The van der Waals surface area contributed by atoms with Crippen molar-refractivity contribution in [3.05, 3.63) is 0 Å². The number of rotatable bonds is 6. The maximum atomic E-state index is 12.3. The number of carbonyl (C=O) groups excluding carboxylic acids is 3. The van der Waals surface area contributed by atoms with Crippen LogP contribution >= 0.6 is 0 Å². The summed E-state index contributed by atoms with van der Waals surface area (Å²) in [5, 5.41) is 2.47. The number of hydrogen-bond donors (Lipinski definition) is 1. The first-order valence-electron chi connectivity index (χ1n) is 7.24. The lowest BCUT2D eigenvalue weighted by Crippen LogP contribution is -2.49. The van der Waals surface area contributed by atoms with Gasteiger partial charge in [0.1, 0.15) is 0 Å². The van der Waals surface area contributed by atoms with Gasteiger partial charge in [0.15, 0.2) is 0 Å². The average Bonchev–Trinajstić information content (AvgIpc) is 2.77. The van der Waals surface area contributed by atoms with Crippen molar-refractivity contribution in [3.8, 4) is 0 Å². The van der Waals surface area contributed by atoms with Crippen molar-refractivity contribution in [2.24, 2.45) is 16.7 Å². The van der Waals surface area contributed by atoms with Gasteiger partial charge in [-0.1, -0.05) is 27.7 Å². The highest BCUT2D eigenvalue weighted by atomic mass is 16.6. The molecular formula is C15H25NO5. The Balaban J connectivity index is 2.80. The molecule has 1 fully saturated rings. The minimum absolute atomic E-state index is 0.130. The number of hydrogen-bond acceptors (Lipinski definition) is 5. The predicted octanol–water partition coefficient (Wildman–Crippen LogP) is 1.28. The fourth-order valence-corrected chi connectivity index (χ4v) is 2.74. The number of carbonyl (C=O) groups is 3. The monoisotopic (exact) mass is 299 g/mol. The second-order valence-electron chi connectivity index (χ2n) is 6.32. The van der Waals surface area contributed by atoms with E-state index in [0.717, 1.165) is 0 Å². The molecular weight excluding hydrogens is 274 g/mol. The summed E-state index contributed by atoms with van der Waals surface area (Å²) < 4.78 is 9.64. The minimum Gasteiger partial charge on any atom is -0.464 e. The molecule has 120 valence electrons. The van der Waals surface area contributed by atoms with Crippen molar-refractivity contribution in [3.63, 3.8) is 0 Å². The molecule has 1 saturated carbocycles. The van der Waals surface area contributed by atoms with Crippen molar-refractivity contribution < 1.29 is 23.9 Å². The molecule has 0 saturated heterocycles. The van der Waals surface area contributed by atoms with E-state index in [2.05, 4.69) is 5.32 Å². The predicted molar refractivity (Wildman–Crippen MR) is 76.2 cm³/mol. The summed E-state index contributed by atoms with van der Waals surface area (Å²) in [6, 6.07) is -1.40. The SMILES string of the molecule is CCOC(=O)C(NC(=O)C1C(C)(C)C1(C)C)C(=O)OCC. The Morgan fingerprint density at radius 2 is 1.33 bits per heavy atom. The van der Waals surface area contributed by atoms with Gasteiger partial charge in [-0.2, -0.15) is 0 Å². The highest BCUT2D eigenvalue weighted by Crippen LogP contribution is 2.68. The van der Waals surface area contributed by atoms with Gasteiger partial charge in [-0.15, -0.1) is 0 Å². The van der Waals surface area contributed by atoms with Crippen LogP contribution in [0.1, 0.15) is 41.5 Å². The topological polar surface area (TPSA) is 81.7 Å². The molecule has 0 bridgehead atoms. The highest BCUT2D eigenvalue weighted by molar-refractivity contribution is 6.03. The van der Waals surface area contributed by atoms with Crippen molar-refractivity contribution in [1.82, 2.24) is 5.32 Å². The van der Waals surface area contributed by atoms with Gasteiger partial charge in [0.05, 0.1) is 13.2 Å². The molecule has 0 unspecified atom stereocenters. The van der Waals surface area contributed by atoms with E-state index in [1.807, 2.05) is 27.7 Å². The Kier molecular flexibility index (Phi) is 5.02. The van der Waals surface area contributed by atoms with Gasteiger partial charge in [-0.3, -0.25) is 4.79 Å². The lowest BCUT2D eigenvalue weighted by molar-refractivity contribution is -0.159. The molecule has 0 aromatic rings. The first-order valence-corrected chi connectivity index (χ1v) is 7.24. The number of amides is 1. The normalized spacial score (nSPS) is 19.0. The van der Waals surface area contributed by atoms with Crippen LogP contribution in [0.5, 0.6) is 0 Å². The van der Waals surface area contributed by atoms with E-state index in [1.54, 1.807) is 13.8 Å². The zero-order chi connectivity index (χ0) is 16.4. The maximum Gasteiger partial charge on any atom is 0.340 e. The third kappa shape index (κ3) is 3.19. The van der Waals surface area contributed by atoms with Gasteiger partial charge in [0, 0.05) is 5.92 Å². The van der Waals surface area contributed by atoms with Crippen LogP contribution in [0.25, 0.3) is 0 Å². The summed E-state index contributed by atoms with van der Waals surface area (Å²) in [7, 11) is 0. The smallest absolute Gasteiger partial charge is 0.340 e. The molecule has 0 spiro atoms. The Hall–Kier alpha value is -1.59. The second kappa shape index (κ2) is 6.03. The van der Waals surface area contributed by atoms with Gasteiger partial charge in [-0.25, -0.2) is 9.59 Å². The zero-order valence-electron chi connectivity index (χ0n) is 13.6. The number of nitrogens with one attached hydrogen (secondary N) is 1. The van der Waals surface area contributed by atoms with Crippen LogP contribution < -0.4 is 5.32 Å². The highest BCUT2D eigenvalue weighted by Gasteiger charge is 2.68. The van der Waals surface area contributed by atoms with E-state index in [1.165, 1.54) is 0 Å². The van der Waals surface area contributed by atoms with E-state index in [0.29, 0.717) is 0 Å². The average molecular weight is 299 g/mol. The molecule has 0 heterocycles. The molecule has 1 aliphatic carbocycles. The zero-order valence-corrected chi connectivity index (χ0v) is 13.6. The number of ether oxygens (including phenoxy) is 2. The molecule has 21 heavy (non-hydrogen) atoms. The van der Waals surface area contributed by atoms with E-state index in [-0.39, 0.29) is 35.9 Å². The summed E-state index contributed by atoms with van der Waals surface area (Å²) >= 11 is 0. The number of esters is 2. The van der Waals surface area contributed by atoms with Gasteiger partial charge in [0.2, 0.25) is 11.9 Å². The Bertz CT molecular complexity index is 409. The third-order valence-corrected chi connectivity index (χ3v) is 4.61. The fourth-order valence-electron chi connectivity index (χ4n) is 2.74. The lowest BCUT2D eigenvalue weighted by atomic mass is 10.0. The fraction of sp³-hybridized carbons (Fsp3) is 0.800. The largest absolute Gasteiger partial charge is 0.464 e. The van der Waals surface area contributed by atoms with E-state index in [9.17, 15) is 14.4 Å². The van der Waals surface area contributed by atoms with Crippen LogP contribution in [0.3, 0.4) is 0 Å². The minimum atomic E-state index is -1.40. The van der Waals surface area contributed by atoms with Gasteiger partial charge in [0.25, 0.3) is 0 Å². The van der Waals surface area contributed by atoms with E-state index >= 15 is 0 Å². The molecule has 1 aliphatic rings. The van der Waals surface area contributed by atoms with Gasteiger partial charge in [-0.05, 0) is 24.7 Å². The van der Waals surface area contributed by atoms with Crippen LogP contribution in [-0.4, -0.2) is 37.1 Å². The molecule has 1 rings (SSSR count). The van der Waals surface area contributed by atoms with Crippen molar-refractivity contribution in [2.75, 3.05) is 13.2 Å². The maximum absolute atomic E-state index is 12.3. The van der Waals surface area contributed by atoms with Crippen LogP contribution in [0, 0.1) is 16.7 Å². The molecule has 6 heteroatoms. The Labute approximate surface area is 125 Å².